The number of benzene rings is 2. The molecule has 124 valence electrons. The van der Waals surface area contributed by atoms with Crippen molar-refractivity contribution in [1.82, 2.24) is 5.32 Å². The van der Waals surface area contributed by atoms with Gasteiger partial charge in [0.05, 0.1) is 0 Å². The van der Waals surface area contributed by atoms with Crippen LogP contribution >= 0.6 is 0 Å². The summed E-state index contributed by atoms with van der Waals surface area (Å²) >= 11 is 0. The molecule has 0 radical (unpaired) electrons. The third-order valence-corrected chi connectivity index (χ3v) is 3.64. The molecule has 24 heavy (non-hydrogen) atoms. The number of para-hydroxylation sites is 1. The number of carbonyl (C=O) groups excluding carboxylic acids is 2. The van der Waals surface area contributed by atoms with Crippen LogP contribution in [0.25, 0.3) is 6.08 Å². The zero-order valence-corrected chi connectivity index (χ0v) is 14.2. The number of carbonyl (C=O) groups is 2. The maximum Gasteiger partial charge on any atom is 0.272 e. The van der Waals surface area contributed by atoms with E-state index in [0.29, 0.717) is 0 Å². The van der Waals surface area contributed by atoms with Crippen LogP contribution in [-0.4, -0.2) is 11.8 Å². The monoisotopic (exact) mass is 322 g/mol. The van der Waals surface area contributed by atoms with Crippen molar-refractivity contribution in [1.29, 1.82) is 0 Å². The molecule has 4 heteroatoms. The maximum atomic E-state index is 12.7. The molecule has 2 rings (SSSR count). The molecule has 2 N–H and O–H groups in total. The van der Waals surface area contributed by atoms with Crippen LogP contribution < -0.4 is 10.6 Å². The van der Waals surface area contributed by atoms with Gasteiger partial charge >= 0.3 is 0 Å². The van der Waals surface area contributed by atoms with Crippen LogP contribution in [0.2, 0.25) is 0 Å². The average Bonchev–Trinajstić information content (AvgIpc) is 2.56. The Morgan fingerprint density at radius 3 is 2.38 bits per heavy atom. The van der Waals surface area contributed by atoms with Crippen LogP contribution in [0.5, 0.6) is 0 Å². The van der Waals surface area contributed by atoms with E-state index in [2.05, 4.69) is 10.6 Å². The molecule has 0 saturated carbocycles. The molecule has 0 fully saturated rings. The molecule has 2 aromatic rings. The molecule has 0 aliphatic heterocycles. The normalized spacial score (nSPS) is 11.0. The topological polar surface area (TPSA) is 58.2 Å². The summed E-state index contributed by atoms with van der Waals surface area (Å²) in [5.74, 6) is -0.620. The quantitative estimate of drug-likeness (QED) is 0.825. The molecule has 2 amide bonds. The minimum atomic E-state index is -0.335. The van der Waals surface area contributed by atoms with E-state index in [1.807, 2.05) is 62.4 Å². The lowest BCUT2D eigenvalue weighted by Gasteiger charge is -2.15. The number of hydrogen-bond donors (Lipinski definition) is 2. The van der Waals surface area contributed by atoms with Crippen LogP contribution in [0.1, 0.15) is 30.5 Å². The summed E-state index contributed by atoms with van der Waals surface area (Å²) in [5, 5.41) is 5.55. The van der Waals surface area contributed by atoms with Crippen LogP contribution in [0.15, 0.2) is 54.2 Å². The first-order valence-corrected chi connectivity index (χ1v) is 7.95. The van der Waals surface area contributed by atoms with Gasteiger partial charge in [-0.25, -0.2) is 0 Å². The zero-order valence-electron chi connectivity index (χ0n) is 14.2. The standard InChI is InChI=1S/C20H22N2O2/c1-4-17-12-8-9-14(2)19(17)22-20(24)18(21-15(3)23)13-16-10-6-5-7-11-16/h5-13H,4H2,1-3H3,(H,21,23)(H,22,24)/b18-13-. The Labute approximate surface area is 142 Å². The summed E-state index contributed by atoms with van der Waals surface area (Å²) in [6, 6.07) is 15.3. The first-order valence-electron chi connectivity index (χ1n) is 7.95. The van der Waals surface area contributed by atoms with Crippen molar-refractivity contribution in [3.8, 4) is 0 Å². The van der Waals surface area contributed by atoms with Crippen molar-refractivity contribution < 1.29 is 9.59 Å². The Morgan fingerprint density at radius 1 is 1.04 bits per heavy atom. The summed E-state index contributed by atoms with van der Waals surface area (Å²) in [5.41, 5.74) is 3.92. The van der Waals surface area contributed by atoms with Crippen molar-refractivity contribution in [2.24, 2.45) is 0 Å². The van der Waals surface area contributed by atoms with Gasteiger partial charge in [-0.1, -0.05) is 55.5 Å². The molecule has 0 unspecified atom stereocenters. The maximum absolute atomic E-state index is 12.7. The van der Waals surface area contributed by atoms with E-state index < -0.39 is 0 Å². The first-order chi connectivity index (χ1) is 11.5. The summed E-state index contributed by atoms with van der Waals surface area (Å²) < 4.78 is 0. The molecule has 0 saturated heterocycles. The van der Waals surface area contributed by atoms with Gasteiger partial charge < -0.3 is 10.6 Å². The molecule has 2 aromatic carbocycles. The summed E-state index contributed by atoms with van der Waals surface area (Å²) in [6.45, 7) is 5.38. The Hall–Kier alpha value is -2.88. The predicted molar refractivity (Wildman–Crippen MR) is 97.4 cm³/mol. The van der Waals surface area contributed by atoms with E-state index in [1.54, 1.807) is 6.08 Å². The van der Waals surface area contributed by atoms with E-state index >= 15 is 0 Å². The molecular formula is C20H22N2O2. The molecule has 0 spiro atoms. The third kappa shape index (κ3) is 4.56. The second kappa shape index (κ2) is 8.11. The smallest absolute Gasteiger partial charge is 0.272 e. The van der Waals surface area contributed by atoms with Crippen molar-refractivity contribution in [2.75, 3.05) is 5.32 Å². The summed E-state index contributed by atoms with van der Waals surface area (Å²) in [6.07, 6.45) is 2.48. The van der Waals surface area contributed by atoms with Gasteiger partial charge in [-0.2, -0.15) is 0 Å². The SMILES string of the molecule is CCc1cccc(C)c1NC(=O)/C(=C/c1ccccc1)NC(C)=O. The molecule has 0 atom stereocenters. The van der Waals surface area contributed by atoms with E-state index in [4.69, 9.17) is 0 Å². The Bertz CT molecular complexity index is 764. The number of anilines is 1. The van der Waals surface area contributed by atoms with Gasteiger partial charge in [0.2, 0.25) is 5.91 Å². The fraction of sp³-hybridized carbons (Fsp3) is 0.200. The Morgan fingerprint density at radius 2 is 1.75 bits per heavy atom. The molecule has 4 nitrogen and oxygen atoms in total. The van der Waals surface area contributed by atoms with Crippen LogP contribution in [-0.2, 0) is 16.0 Å². The number of hydrogen-bond acceptors (Lipinski definition) is 2. The van der Waals surface area contributed by atoms with Crippen molar-refractivity contribution >= 4 is 23.6 Å². The largest absolute Gasteiger partial charge is 0.322 e. The van der Waals surface area contributed by atoms with Crippen molar-refractivity contribution in [2.45, 2.75) is 27.2 Å². The van der Waals surface area contributed by atoms with Gasteiger partial charge in [-0.15, -0.1) is 0 Å². The number of nitrogens with one attached hydrogen (secondary N) is 2. The highest BCUT2D eigenvalue weighted by molar-refractivity contribution is 6.09. The second-order valence-electron chi connectivity index (χ2n) is 5.57. The number of amides is 2. The van der Waals surface area contributed by atoms with E-state index in [0.717, 1.165) is 28.8 Å². The average molecular weight is 322 g/mol. The Kier molecular flexibility index (Phi) is 5.90. The second-order valence-corrected chi connectivity index (χ2v) is 5.57. The number of aryl methyl sites for hydroxylation is 2. The zero-order chi connectivity index (χ0) is 17.5. The van der Waals surface area contributed by atoms with Crippen LogP contribution in [0.3, 0.4) is 0 Å². The predicted octanol–water partition coefficient (Wildman–Crippen LogP) is 3.67. The lowest BCUT2D eigenvalue weighted by molar-refractivity contribution is -0.120. The first kappa shape index (κ1) is 17.5. The van der Waals surface area contributed by atoms with Gasteiger partial charge in [0.15, 0.2) is 0 Å². The molecule has 0 aliphatic rings. The molecule has 0 bridgehead atoms. The Balaban J connectivity index is 2.33. The van der Waals surface area contributed by atoms with Crippen molar-refractivity contribution in [3.63, 3.8) is 0 Å². The molecule has 0 heterocycles. The van der Waals surface area contributed by atoms with E-state index in [1.165, 1.54) is 6.92 Å². The number of rotatable bonds is 5. The summed E-state index contributed by atoms with van der Waals surface area (Å²) in [7, 11) is 0. The minimum Gasteiger partial charge on any atom is -0.322 e. The fourth-order valence-corrected chi connectivity index (χ4v) is 2.45. The van der Waals surface area contributed by atoms with E-state index in [-0.39, 0.29) is 17.5 Å². The third-order valence-electron chi connectivity index (χ3n) is 3.64. The van der Waals surface area contributed by atoms with Gasteiger partial charge in [-0.3, -0.25) is 9.59 Å². The fourth-order valence-electron chi connectivity index (χ4n) is 2.45. The van der Waals surface area contributed by atoms with Gasteiger partial charge in [0, 0.05) is 12.6 Å². The van der Waals surface area contributed by atoms with Crippen molar-refractivity contribution in [3.05, 3.63) is 70.9 Å². The molecular weight excluding hydrogens is 300 g/mol. The van der Waals surface area contributed by atoms with Crippen LogP contribution in [0.4, 0.5) is 5.69 Å². The summed E-state index contributed by atoms with van der Waals surface area (Å²) in [4.78, 5) is 24.1. The van der Waals surface area contributed by atoms with Crippen LogP contribution in [0, 0.1) is 6.92 Å². The highest BCUT2D eigenvalue weighted by atomic mass is 16.2. The molecule has 0 aliphatic carbocycles. The van der Waals surface area contributed by atoms with Gasteiger partial charge in [0.25, 0.3) is 5.91 Å². The lowest BCUT2D eigenvalue weighted by Crippen LogP contribution is -2.29. The minimum absolute atomic E-state index is 0.221. The van der Waals surface area contributed by atoms with Gasteiger partial charge in [0.1, 0.15) is 5.70 Å². The molecule has 0 aromatic heterocycles. The van der Waals surface area contributed by atoms with E-state index in [9.17, 15) is 9.59 Å². The van der Waals surface area contributed by atoms with Gasteiger partial charge in [-0.05, 0) is 36.1 Å². The lowest BCUT2D eigenvalue weighted by atomic mass is 10.1. The highest BCUT2D eigenvalue weighted by Crippen LogP contribution is 2.21. The highest BCUT2D eigenvalue weighted by Gasteiger charge is 2.14.